The number of nitrogens with zero attached hydrogens (tertiary/aromatic N) is 2. The van der Waals surface area contributed by atoms with Gasteiger partial charge < -0.3 is 11.1 Å². The van der Waals surface area contributed by atoms with Crippen molar-refractivity contribution in [3.05, 3.63) is 11.1 Å². The molecule has 1 aromatic heterocycles. The van der Waals surface area contributed by atoms with E-state index in [1.165, 1.54) is 24.2 Å². The number of aromatic nitrogens is 1. The van der Waals surface area contributed by atoms with Gasteiger partial charge in [-0.1, -0.05) is 6.92 Å². The van der Waals surface area contributed by atoms with Gasteiger partial charge in [-0.3, -0.25) is 9.69 Å². The van der Waals surface area contributed by atoms with E-state index in [1.807, 2.05) is 12.3 Å². The maximum Gasteiger partial charge on any atom is 0.227 e. The number of carbonyl (C=O) groups excluding carboxylic acids is 1. The van der Waals surface area contributed by atoms with Crippen LogP contribution in [0.3, 0.4) is 0 Å². The lowest BCUT2D eigenvalue weighted by molar-refractivity contribution is -0.116. The molecule has 1 aliphatic heterocycles. The largest absolute Gasteiger partial charge is 0.327 e. The minimum Gasteiger partial charge on any atom is -0.327 e. The number of rotatable bonds is 5. The summed E-state index contributed by atoms with van der Waals surface area (Å²) in [4.78, 5) is 18.6. The van der Waals surface area contributed by atoms with Crippen LogP contribution in [-0.2, 0) is 11.3 Å². The summed E-state index contributed by atoms with van der Waals surface area (Å²) >= 11 is 1.48. The summed E-state index contributed by atoms with van der Waals surface area (Å²) in [5.41, 5.74) is 6.65. The molecule has 5 nitrogen and oxygen atoms in total. The number of likely N-dealkylation sites (tertiary alicyclic amines) is 1. The Hall–Kier alpha value is -0.690. The molecule has 0 aromatic carbocycles. The van der Waals surface area contributed by atoms with Crippen LogP contribution in [0.1, 0.15) is 38.8 Å². The summed E-state index contributed by atoms with van der Waals surface area (Å²) in [6, 6.07) is -0.121. The maximum absolute atomic E-state index is 11.6. The van der Waals surface area contributed by atoms with Gasteiger partial charge in [0.15, 0.2) is 5.13 Å². The Balaban J connectivity index is 0.00000220. The highest BCUT2D eigenvalue weighted by Crippen LogP contribution is 2.21. The van der Waals surface area contributed by atoms with Crippen molar-refractivity contribution in [2.24, 2.45) is 11.7 Å². The highest BCUT2D eigenvalue weighted by Gasteiger charge is 2.17. The van der Waals surface area contributed by atoms with Crippen molar-refractivity contribution in [2.75, 3.05) is 18.4 Å². The molecule has 0 bridgehead atoms. The quantitative estimate of drug-likeness (QED) is 0.869. The van der Waals surface area contributed by atoms with Gasteiger partial charge >= 0.3 is 0 Å². The molecule has 1 amide bonds. The van der Waals surface area contributed by atoms with Gasteiger partial charge in [0.05, 0.1) is 5.69 Å². The number of nitrogens with one attached hydrogen (secondary N) is 1. The smallest absolute Gasteiger partial charge is 0.227 e. The fraction of sp³-hybridized carbons (Fsp3) is 0.714. The molecular weight excluding hydrogens is 308 g/mol. The van der Waals surface area contributed by atoms with E-state index >= 15 is 0 Å². The molecule has 3 N–H and O–H groups in total. The van der Waals surface area contributed by atoms with Crippen LogP contribution in [0.2, 0.25) is 0 Å². The van der Waals surface area contributed by atoms with Crippen LogP contribution in [-0.4, -0.2) is 34.9 Å². The van der Waals surface area contributed by atoms with Gasteiger partial charge in [0, 0.05) is 30.9 Å². The molecule has 1 saturated heterocycles. The second-order valence-electron chi connectivity index (χ2n) is 5.86. The number of nitrogens with two attached hydrogens (primary N) is 1. The van der Waals surface area contributed by atoms with Gasteiger partial charge in [0.25, 0.3) is 0 Å². The van der Waals surface area contributed by atoms with E-state index < -0.39 is 0 Å². The molecule has 21 heavy (non-hydrogen) atoms. The molecule has 2 rings (SSSR count). The van der Waals surface area contributed by atoms with E-state index in [2.05, 4.69) is 22.1 Å². The zero-order valence-corrected chi connectivity index (χ0v) is 14.3. The Kier molecular flexibility index (Phi) is 7.59. The summed E-state index contributed by atoms with van der Waals surface area (Å²) < 4.78 is 0. The fourth-order valence-electron chi connectivity index (χ4n) is 2.56. The van der Waals surface area contributed by atoms with Crippen molar-refractivity contribution in [2.45, 2.75) is 45.7 Å². The standard InChI is InChI=1S/C14H24N4OS.ClH/c1-10-4-3-5-18(7-10)8-12-9-20-14(16-12)17-13(19)6-11(2)15;/h9-11H,3-8,15H2,1-2H3,(H,16,17,19);1H. The van der Waals surface area contributed by atoms with Gasteiger partial charge in [-0.05, 0) is 32.2 Å². The fourth-order valence-corrected chi connectivity index (χ4v) is 3.28. The van der Waals surface area contributed by atoms with Crippen LogP contribution in [0.4, 0.5) is 5.13 Å². The van der Waals surface area contributed by atoms with E-state index in [0.29, 0.717) is 11.6 Å². The first-order valence-corrected chi connectivity index (χ1v) is 8.13. The second kappa shape index (κ2) is 8.68. The summed E-state index contributed by atoms with van der Waals surface area (Å²) in [6.07, 6.45) is 2.92. The maximum atomic E-state index is 11.6. The first kappa shape index (κ1) is 18.4. The second-order valence-corrected chi connectivity index (χ2v) is 6.71. The minimum absolute atomic E-state index is 0. The van der Waals surface area contributed by atoms with Crippen molar-refractivity contribution >= 4 is 34.8 Å². The monoisotopic (exact) mass is 332 g/mol. The third-order valence-corrected chi connectivity index (χ3v) is 4.24. The first-order valence-electron chi connectivity index (χ1n) is 7.25. The SMILES string of the molecule is CC(N)CC(=O)Nc1nc(CN2CCCC(C)C2)cs1.Cl. The molecule has 1 fully saturated rings. The number of thiazole rings is 1. The average molecular weight is 333 g/mol. The van der Waals surface area contributed by atoms with E-state index in [-0.39, 0.29) is 24.4 Å². The van der Waals surface area contributed by atoms with Gasteiger partial charge in [-0.15, -0.1) is 23.7 Å². The first-order chi connectivity index (χ1) is 9.52. The Morgan fingerprint density at radius 3 is 3.10 bits per heavy atom. The molecule has 0 aliphatic carbocycles. The number of halogens is 1. The van der Waals surface area contributed by atoms with Gasteiger partial charge in [-0.25, -0.2) is 4.98 Å². The zero-order valence-electron chi connectivity index (χ0n) is 12.7. The van der Waals surface area contributed by atoms with Gasteiger partial charge in [0.1, 0.15) is 0 Å². The topological polar surface area (TPSA) is 71.2 Å². The Bertz CT molecular complexity index is 452. The van der Waals surface area contributed by atoms with Crippen LogP contribution >= 0.6 is 23.7 Å². The highest BCUT2D eigenvalue weighted by molar-refractivity contribution is 7.13. The average Bonchev–Trinajstić information content (AvgIpc) is 2.75. The lowest BCUT2D eigenvalue weighted by Crippen LogP contribution is -2.33. The van der Waals surface area contributed by atoms with Gasteiger partial charge in [0.2, 0.25) is 5.91 Å². The van der Waals surface area contributed by atoms with Crippen LogP contribution in [0.5, 0.6) is 0 Å². The minimum atomic E-state index is -0.121. The van der Waals surface area contributed by atoms with E-state index in [1.54, 1.807) is 0 Å². The van der Waals surface area contributed by atoms with E-state index in [0.717, 1.165) is 31.2 Å². The van der Waals surface area contributed by atoms with Crippen molar-refractivity contribution < 1.29 is 4.79 Å². The van der Waals surface area contributed by atoms with Gasteiger partial charge in [-0.2, -0.15) is 0 Å². The predicted octanol–water partition coefficient (Wildman–Crippen LogP) is 2.47. The Labute approximate surface area is 136 Å². The molecule has 2 unspecified atom stereocenters. The summed E-state index contributed by atoms with van der Waals surface area (Å²) in [6.45, 7) is 7.29. The molecule has 7 heteroatoms. The Morgan fingerprint density at radius 1 is 1.67 bits per heavy atom. The normalized spacial score (nSPS) is 20.6. The number of carbonyl (C=O) groups is 1. The van der Waals surface area contributed by atoms with E-state index in [4.69, 9.17) is 5.73 Å². The number of anilines is 1. The molecule has 1 aliphatic rings. The predicted molar refractivity (Wildman–Crippen MR) is 89.9 cm³/mol. The molecule has 0 saturated carbocycles. The van der Waals surface area contributed by atoms with Crippen LogP contribution in [0.15, 0.2) is 5.38 Å². The van der Waals surface area contributed by atoms with Crippen molar-refractivity contribution in [3.63, 3.8) is 0 Å². The summed E-state index contributed by atoms with van der Waals surface area (Å²) in [7, 11) is 0. The zero-order chi connectivity index (χ0) is 14.5. The lowest BCUT2D eigenvalue weighted by atomic mass is 10.0. The molecule has 2 atom stereocenters. The third kappa shape index (κ3) is 6.30. The van der Waals surface area contributed by atoms with Crippen LogP contribution in [0.25, 0.3) is 0 Å². The molecule has 2 heterocycles. The molecule has 1 aromatic rings. The summed E-state index contributed by atoms with van der Waals surface area (Å²) in [5.74, 6) is 0.708. The molecular formula is C14H25ClN4OS. The Morgan fingerprint density at radius 2 is 2.43 bits per heavy atom. The number of hydrogen-bond acceptors (Lipinski definition) is 5. The van der Waals surface area contributed by atoms with Crippen LogP contribution < -0.4 is 11.1 Å². The number of amides is 1. The lowest BCUT2D eigenvalue weighted by Gasteiger charge is -2.30. The van der Waals surface area contributed by atoms with Crippen molar-refractivity contribution in [1.82, 2.24) is 9.88 Å². The number of piperidine rings is 1. The van der Waals surface area contributed by atoms with Crippen LogP contribution in [0, 0.1) is 5.92 Å². The van der Waals surface area contributed by atoms with E-state index in [9.17, 15) is 4.79 Å². The molecule has 0 radical (unpaired) electrons. The molecule has 0 spiro atoms. The summed E-state index contributed by atoms with van der Waals surface area (Å²) in [5, 5.41) is 5.51. The van der Waals surface area contributed by atoms with Crippen molar-refractivity contribution in [1.29, 1.82) is 0 Å². The highest BCUT2D eigenvalue weighted by atomic mass is 35.5. The number of hydrogen-bond donors (Lipinski definition) is 2. The third-order valence-electron chi connectivity index (χ3n) is 3.43. The molecule has 120 valence electrons. The van der Waals surface area contributed by atoms with Crippen molar-refractivity contribution in [3.8, 4) is 0 Å².